The summed E-state index contributed by atoms with van der Waals surface area (Å²) in [6.07, 6.45) is 3.25. The minimum Gasteiger partial charge on any atom is -0.394 e. The average Bonchev–Trinajstić information content (AvgIpc) is 2.60. The molecule has 0 fully saturated rings. The molecule has 0 spiro atoms. The zero-order valence-corrected chi connectivity index (χ0v) is 13.0. The third kappa shape index (κ3) is 3.33. The summed E-state index contributed by atoms with van der Waals surface area (Å²) in [4.78, 5) is 16.7. The number of carbonyl (C=O) groups is 1. The van der Waals surface area contributed by atoms with Gasteiger partial charge in [0.1, 0.15) is 0 Å². The summed E-state index contributed by atoms with van der Waals surface area (Å²) in [6.45, 7) is -0.203. The summed E-state index contributed by atoms with van der Waals surface area (Å²) in [5.41, 5.74) is 1.27. The first-order chi connectivity index (χ1) is 11.2. The van der Waals surface area contributed by atoms with E-state index in [1.54, 1.807) is 30.5 Å². The summed E-state index contributed by atoms with van der Waals surface area (Å²) in [6, 6.07) is 14.1. The molecule has 5 heteroatoms. The van der Waals surface area contributed by atoms with Crippen molar-refractivity contribution < 1.29 is 9.90 Å². The van der Waals surface area contributed by atoms with Crippen molar-refractivity contribution in [1.82, 2.24) is 10.3 Å². The number of hydrogen-bond donors (Lipinski definition) is 2. The summed E-state index contributed by atoms with van der Waals surface area (Å²) >= 11 is 5.87. The van der Waals surface area contributed by atoms with Gasteiger partial charge in [-0.1, -0.05) is 48.0 Å². The van der Waals surface area contributed by atoms with E-state index in [1.165, 1.54) is 6.20 Å². The van der Waals surface area contributed by atoms with Gasteiger partial charge in [-0.3, -0.25) is 9.78 Å². The van der Waals surface area contributed by atoms with Gasteiger partial charge >= 0.3 is 0 Å². The summed E-state index contributed by atoms with van der Waals surface area (Å²) in [7, 11) is 0. The Morgan fingerprint density at radius 3 is 2.61 bits per heavy atom. The Hall–Kier alpha value is -2.43. The number of amides is 1. The van der Waals surface area contributed by atoms with E-state index in [0.29, 0.717) is 10.6 Å². The number of aromatic nitrogens is 1. The quantitative estimate of drug-likeness (QED) is 0.773. The van der Waals surface area contributed by atoms with Crippen LogP contribution in [0.25, 0.3) is 10.8 Å². The second-order valence-corrected chi connectivity index (χ2v) is 5.60. The molecule has 1 atom stereocenters. The van der Waals surface area contributed by atoms with Gasteiger partial charge in [-0.05, 0) is 23.1 Å². The fraction of sp³-hybridized carbons (Fsp3) is 0.111. The maximum absolute atomic E-state index is 12.6. The van der Waals surface area contributed by atoms with Crippen molar-refractivity contribution in [2.45, 2.75) is 6.04 Å². The van der Waals surface area contributed by atoms with Crippen molar-refractivity contribution in [3.63, 3.8) is 0 Å². The van der Waals surface area contributed by atoms with Crippen LogP contribution in [0.3, 0.4) is 0 Å². The van der Waals surface area contributed by atoms with Gasteiger partial charge in [0.05, 0.1) is 18.2 Å². The topological polar surface area (TPSA) is 62.2 Å². The number of carbonyl (C=O) groups excluding carboxylic acids is 1. The van der Waals surface area contributed by atoms with Crippen LogP contribution in [0.4, 0.5) is 0 Å². The molecule has 0 aliphatic carbocycles. The maximum atomic E-state index is 12.6. The van der Waals surface area contributed by atoms with E-state index < -0.39 is 6.04 Å². The number of halogens is 1. The fourth-order valence-corrected chi connectivity index (χ4v) is 2.59. The van der Waals surface area contributed by atoms with Gasteiger partial charge in [0.25, 0.3) is 5.91 Å². The van der Waals surface area contributed by atoms with Crippen LogP contribution in [-0.4, -0.2) is 22.6 Å². The first kappa shape index (κ1) is 15.5. The highest BCUT2D eigenvalue weighted by Crippen LogP contribution is 2.20. The van der Waals surface area contributed by atoms with Gasteiger partial charge in [0.15, 0.2) is 0 Å². The number of rotatable bonds is 4. The number of nitrogens with one attached hydrogen (secondary N) is 1. The molecule has 1 aromatic heterocycles. The summed E-state index contributed by atoms with van der Waals surface area (Å²) < 4.78 is 0. The van der Waals surface area contributed by atoms with E-state index in [0.717, 1.165) is 16.3 Å². The van der Waals surface area contributed by atoms with Crippen LogP contribution in [0.15, 0.2) is 60.9 Å². The molecular formula is C18H15ClN2O2. The van der Waals surface area contributed by atoms with Crippen molar-refractivity contribution in [2.75, 3.05) is 6.61 Å². The normalized spacial score (nSPS) is 12.1. The summed E-state index contributed by atoms with van der Waals surface area (Å²) in [5, 5.41) is 14.8. The Labute approximate surface area is 138 Å². The molecule has 0 saturated heterocycles. The van der Waals surface area contributed by atoms with Crippen LogP contribution >= 0.6 is 11.6 Å². The predicted molar refractivity (Wildman–Crippen MR) is 90.5 cm³/mol. The number of aliphatic hydroxyl groups excluding tert-OH is 1. The summed E-state index contributed by atoms with van der Waals surface area (Å²) in [5.74, 6) is -0.275. The second kappa shape index (κ2) is 6.77. The van der Waals surface area contributed by atoms with Crippen LogP contribution in [-0.2, 0) is 0 Å². The van der Waals surface area contributed by atoms with Crippen LogP contribution < -0.4 is 5.32 Å². The van der Waals surface area contributed by atoms with E-state index in [-0.39, 0.29) is 12.5 Å². The highest BCUT2D eigenvalue weighted by atomic mass is 35.5. The zero-order valence-electron chi connectivity index (χ0n) is 12.2. The Morgan fingerprint density at radius 2 is 1.87 bits per heavy atom. The molecule has 3 aromatic rings. The smallest absolute Gasteiger partial charge is 0.254 e. The van der Waals surface area contributed by atoms with E-state index in [4.69, 9.17) is 11.6 Å². The number of nitrogens with zero attached hydrogens (tertiary/aromatic N) is 1. The number of benzene rings is 2. The number of fused-ring (bicyclic) bond motifs is 1. The lowest BCUT2D eigenvalue weighted by molar-refractivity contribution is 0.0917. The van der Waals surface area contributed by atoms with Crippen molar-refractivity contribution >= 4 is 28.3 Å². The first-order valence-electron chi connectivity index (χ1n) is 7.19. The van der Waals surface area contributed by atoms with Gasteiger partial charge in [-0.2, -0.15) is 0 Å². The molecule has 3 rings (SSSR count). The first-order valence-corrected chi connectivity index (χ1v) is 7.57. The highest BCUT2D eigenvalue weighted by molar-refractivity contribution is 6.30. The Balaban J connectivity index is 1.88. The van der Waals surface area contributed by atoms with Gasteiger partial charge in [-0.15, -0.1) is 0 Å². The van der Waals surface area contributed by atoms with E-state index >= 15 is 0 Å². The van der Waals surface area contributed by atoms with Gasteiger partial charge in [-0.25, -0.2) is 0 Å². The van der Waals surface area contributed by atoms with Crippen LogP contribution in [0.1, 0.15) is 22.0 Å². The molecule has 23 heavy (non-hydrogen) atoms. The predicted octanol–water partition coefficient (Wildman–Crippen LogP) is 3.35. The minimum absolute atomic E-state index is 0.203. The fourth-order valence-electron chi connectivity index (χ4n) is 2.46. The molecule has 0 radical (unpaired) electrons. The van der Waals surface area contributed by atoms with Crippen molar-refractivity contribution in [1.29, 1.82) is 0 Å². The van der Waals surface area contributed by atoms with Crippen LogP contribution in [0, 0.1) is 0 Å². The third-order valence-electron chi connectivity index (χ3n) is 3.67. The maximum Gasteiger partial charge on any atom is 0.254 e. The highest BCUT2D eigenvalue weighted by Gasteiger charge is 2.17. The molecule has 1 heterocycles. The largest absolute Gasteiger partial charge is 0.394 e. The van der Waals surface area contributed by atoms with Gasteiger partial charge < -0.3 is 10.4 Å². The lowest BCUT2D eigenvalue weighted by Crippen LogP contribution is -2.31. The molecule has 1 amide bonds. The molecule has 0 saturated carbocycles. The average molecular weight is 327 g/mol. The van der Waals surface area contributed by atoms with Crippen molar-refractivity contribution in [3.8, 4) is 0 Å². The molecule has 4 nitrogen and oxygen atoms in total. The number of aliphatic hydroxyl groups is 1. The molecule has 1 unspecified atom stereocenters. The van der Waals surface area contributed by atoms with E-state index in [1.807, 2.05) is 24.3 Å². The minimum atomic E-state index is -0.501. The molecule has 0 aliphatic rings. The molecule has 2 N–H and O–H groups in total. The van der Waals surface area contributed by atoms with Crippen LogP contribution in [0.5, 0.6) is 0 Å². The monoisotopic (exact) mass is 326 g/mol. The van der Waals surface area contributed by atoms with Crippen molar-refractivity contribution in [2.24, 2.45) is 0 Å². The van der Waals surface area contributed by atoms with Crippen molar-refractivity contribution in [3.05, 3.63) is 77.1 Å². The lowest BCUT2D eigenvalue weighted by Gasteiger charge is -2.17. The Kier molecular flexibility index (Phi) is 4.55. The standard InChI is InChI=1S/C18H15ClN2O2/c19-14-7-5-12(6-8-14)17(11-22)21-18(23)16-10-20-9-13-3-1-2-4-15(13)16/h1-10,17,22H,11H2,(H,21,23). The lowest BCUT2D eigenvalue weighted by atomic mass is 10.0. The molecular weight excluding hydrogens is 312 g/mol. The Morgan fingerprint density at radius 1 is 1.13 bits per heavy atom. The molecule has 0 aliphatic heterocycles. The Bertz CT molecular complexity index is 829. The molecule has 0 bridgehead atoms. The number of pyridine rings is 1. The van der Waals surface area contributed by atoms with Gasteiger partial charge in [0.2, 0.25) is 0 Å². The van der Waals surface area contributed by atoms with E-state index in [9.17, 15) is 9.90 Å². The number of hydrogen-bond acceptors (Lipinski definition) is 3. The van der Waals surface area contributed by atoms with Crippen LogP contribution in [0.2, 0.25) is 5.02 Å². The zero-order chi connectivity index (χ0) is 16.2. The second-order valence-electron chi connectivity index (χ2n) is 5.17. The SMILES string of the molecule is O=C(NC(CO)c1ccc(Cl)cc1)c1cncc2ccccc12. The molecule has 2 aromatic carbocycles. The van der Waals surface area contributed by atoms with Gasteiger partial charge in [0, 0.05) is 22.8 Å². The molecule has 116 valence electrons. The van der Waals surface area contributed by atoms with E-state index in [2.05, 4.69) is 10.3 Å². The third-order valence-corrected chi connectivity index (χ3v) is 3.93.